The van der Waals surface area contributed by atoms with Gasteiger partial charge in [-0.15, -0.1) is 0 Å². The van der Waals surface area contributed by atoms with Gasteiger partial charge in [0.2, 0.25) is 11.8 Å². The van der Waals surface area contributed by atoms with Gasteiger partial charge in [-0.3, -0.25) is 13.9 Å². The second kappa shape index (κ2) is 15.0. The average Bonchev–Trinajstić information content (AvgIpc) is 3.02. The van der Waals surface area contributed by atoms with Crippen LogP contribution in [0.5, 0.6) is 0 Å². The summed E-state index contributed by atoms with van der Waals surface area (Å²) in [4.78, 5) is 30.0. The molecule has 45 heavy (non-hydrogen) atoms. The van der Waals surface area contributed by atoms with Crippen LogP contribution in [0.15, 0.2) is 108 Å². The lowest BCUT2D eigenvalue weighted by Crippen LogP contribution is -2.53. The number of amides is 2. The van der Waals surface area contributed by atoms with Crippen LogP contribution in [0.4, 0.5) is 5.69 Å². The summed E-state index contributed by atoms with van der Waals surface area (Å²) in [5.74, 6) is -0.547. The molecule has 8 heteroatoms. The van der Waals surface area contributed by atoms with Gasteiger partial charge in [0.1, 0.15) is 12.6 Å². The highest BCUT2D eigenvalue weighted by atomic mass is 32.2. The van der Waals surface area contributed by atoms with Crippen LogP contribution in [0.2, 0.25) is 0 Å². The Balaban J connectivity index is 1.80. The van der Waals surface area contributed by atoms with E-state index in [0.29, 0.717) is 12.2 Å². The predicted molar refractivity (Wildman–Crippen MR) is 180 cm³/mol. The van der Waals surface area contributed by atoms with Crippen molar-refractivity contribution >= 4 is 27.5 Å². The van der Waals surface area contributed by atoms with E-state index in [-0.39, 0.29) is 29.7 Å². The van der Waals surface area contributed by atoms with E-state index in [1.54, 1.807) is 36.4 Å². The molecule has 7 nitrogen and oxygen atoms in total. The summed E-state index contributed by atoms with van der Waals surface area (Å²) in [5, 5.41) is 3.02. The molecule has 0 heterocycles. The molecule has 0 saturated heterocycles. The molecule has 0 bridgehead atoms. The van der Waals surface area contributed by atoms with E-state index in [1.807, 2.05) is 101 Å². The van der Waals surface area contributed by atoms with Crippen molar-refractivity contribution in [3.05, 3.63) is 131 Å². The first-order valence-corrected chi connectivity index (χ1v) is 16.7. The summed E-state index contributed by atoms with van der Waals surface area (Å²) < 4.78 is 29.6. The number of hydrogen-bond donors (Lipinski definition) is 1. The molecule has 4 aromatic carbocycles. The van der Waals surface area contributed by atoms with Crippen LogP contribution >= 0.6 is 0 Å². The molecule has 0 aliphatic heterocycles. The maximum absolute atomic E-state index is 14.5. The normalized spacial score (nSPS) is 12.0. The third kappa shape index (κ3) is 8.82. The summed E-state index contributed by atoms with van der Waals surface area (Å²) in [6.45, 7) is 9.88. The van der Waals surface area contributed by atoms with Crippen LogP contribution in [0.25, 0.3) is 0 Å². The first kappa shape index (κ1) is 33.5. The van der Waals surface area contributed by atoms with Crippen LogP contribution in [0, 0.1) is 26.7 Å². The number of benzene rings is 4. The van der Waals surface area contributed by atoms with Gasteiger partial charge in [-0.2, -0.15) is 0 Å². The minimum absolute atomic E-state index is 0.0873. The molecule has 1 atom stereocenters. The van der Waals surface area contributed by atoms with Crippen molar-refractivity contribution in [3.8, 4) is 0 Å². The highest BCUT2D eigenvalue weighted by Crippen LogP contribution is 2.27. The van der Waals surface area contributed by atoms with Crippen molar-refractivity contribution in [1.82, 2.24) is 10.2 Å². The maximum Gasteiger partial charge on any atom is 0.264 e. The number of anilines is 1. The van der Waals surface area contributed by atoms with Gasteiger partial charge < -0.3 is 10.2 Å². The number of nitrogens with one attached hydrogen (secondary N) is 1. The molecule has 1 unspecified atom stereocenters. The highest BCUT2D eigenvalue weighted by Gasteiger charge is 2.34. The van der Waals surface area contributed by atoms with E-state index in [2.05, 4.69) is 5.32 Å². The Hall–Kier alpha value is -4.43. The van der Waals surface area contributed by atoms with E-state index in [4.69, 9.17) is 0 Å². The third-order valence-corrected chi connectivity index (χ3v) is 9.61. The monoisotopic (exact) mass is 625 g/mol. The highest BCUT2D eigenvalue weighted by molar-refractivity contribution is 7.92. The molecule has 236 valence electrons. The smallest absolute Gasteiger partial charge is 0.264 e. The summed E-state index contributed by atoms with van der Waals surface area (Å²) in [7, 11) is -4.14. The number of rotatable bonds is 13. The van der Waals surface area contributed by atoms with Gasteiger partial charge in [0, 0.05) is 19.5 Å². The van der Waals surface area contributed by atoms with Crippen molar-refractivity contribution in [2.24, 2.45) is 5.92 Å². The second-order valence-electron chi connectivity index (χ2n) is 11.9. The fourth-order valence-corrected chi connectivity index (χ4v) is 6.41. The topological polar surface area (TPSA) is 86.8 Å². The largest absolute Gasteiger partial charge is 0.354 e. The first-order valence-electron chi connectivity index (χ1n) is 15.3. The zero-order valence-corrected chi connectivity index (χ0v) is 27.6. The minimum Gasteiger partial charge on any atom is -0.354 e. The van der Waals surface area contributed by atoms with Gasteiger partial charge in [0.15, 0.2) is 0 Å². The van der Waals surface area contributed by atoms with Crippen LogP contribution in [0.3, 0.4) is 0 Å². The van der Waals surface area contributed by atoms with E-state index in [1.165, 1.54) is 4.90 Å². The summed E-state index contributed by atoms with van der Waals surface area (Å²) in [5.41, 5.74) is 4.95. The van der Waals surface area contributed by atoms with Crippen molar-refractivity contribution in [3.63, 3.8) is 0 Å². The van der Waals surface area contributed by atoms with Crippen molar-refractivity contribution < 1.29 is 18.0 Å². The van der Waals surface area contributed by atoms with Gasteiger partial charge >= 0.3 is 0 Å². The Bertz CT molecular complexity index is 1690. The maximum atomic E-state index is 14.5. The molecular formula is C37H43N3O4S. The molecule has 0 fully saturated rings. The molecule has 4 rings (SSSR count). The lowest BCUT2D eigenvalue weighted by atomic mass is 10.0. The molecule has 0 aromatic heterocycles. The second-order valence-corrected chi connectivity index (χ2v) is 13.8. The van der Waals surface area contributed by atoms with Crippen molar-refractivity contribution in [2.75, 3.05) is 17.4 Å². The number of carbonyl (C=O) groups is 2. The van der Waals surface area contributed by atoms with E-state index >= 15 is 0 Å². The Morgan fingerprint density at radius 2 is 1.36 bits per heavy atom. The molecule has 0 aliphatic carbocycles. The number of carbonyl (C=O) groups excluding carboxylic acids is 2. The van der Waals surface area contributed by atoms with Gasteiger partial charge in [0.25, 0.3) is 10.0 Å². The van der Waals surface area contributed by atoms with E-state index in [0.717, 1.165) is 32.1 Å². The lowest BCUT2D eigenvalue weighted by Gasteiger charge is -2.34. The van der Waals surface area contributed by atoms with Crippen molar-refractivity contribution in [1.29, 1.82) is 0 Å². The summed E-state index contributed by atoms with van der Waals surface area (Å²) >= 11 is 0. The predicted octanol–water partition coefficient (Wildman–Crippen LogP) is 6.22. The third-order valence-electron chi connectivity index (χ3n) is 7.82. The van der Waals surface area contributed by atoms with Gasteiger partial charge in [-0.25, -0.2) is 8.42 Å². The molecule has 4 aromatic rings. The zero-order chi connectivity index (χ0) is 32.6. The number of sulfonamides is 1. The standard InChI is InChI=1S/C37H43N3O4S/c1-27(2)24-38-37(42)35(23-31-12-8-6-9-13-31)39(25-32-14-10-7-11-15-32)36(41)26-40(33-19-18-29(4)30(5)22-33)45(43,44)34-20-16-28(3)17-21-34/h6-22,27,35H,23-26H2,1-5H3,(H,38,42). The number of aryl methyl sites for hydroxylation is 3. The summed E-state index contributed by atoms with van der Waals surface area (Å²) in [6.07, 6.45) is 0.275. The Labute approximate surface area is 268 Å². The quantitative estimate of drug-likeness (QED) is 0.191. The SMILES string of the molecule is Cc1ccc(S(=O)(=O)N(CC(=O)N(Cc2ccccc2)C(Cc2ccccc2)C(=O)NCC(C)C)c2ccc(C)c(C)c2)cc1. The van der Waals surface area contributed by atoms with E-state index < -0.39 is 28.5 Å². The Morgan fingerprint density at radius 1 is 0.756 bits per heavy atom. The Morgan fingerprint density at radius 3 is 1.93 bits per heavy atom. The van der Waals surface area contributed by atoms with Gasteiger partial charge in [-0.1, -0.05) is 98.3 Å². The Kier molecular flexibility index (Phi) is 11.2. The van der Waals surface area contributed by atoms with Crippen LogP contribution in [0.1, 0.15) is 41.7 Å². The minimum atomic E-state index is -4.14. The number of hydrogen-bond acceptors (Lipinski definition) is 4. The van der Waals surface area contributed by atoms with Gasteiger partial charge in [-0.05, 0) is 73.2 Å². The average molecular weight is 626 g/mol. The molecule has 0 radical (unpaired) electrons. The molecule has 0 saturated carbocycles. The van der Waals surface area contributed by atoms with E-state index in [9.17, 15) is 18.0 Å². The molecule has 0 aliphatic rings. The summed E-state index contributed by atoms with van der Waals surface area (Å²) in [6, 6.07) is 30.1. The lowest BCUT2D eigenvalue weighted by molar-refractivity contribution is -0.140. The zero-order valence-electron chi connectivity index (χ0n) is 26.7. The molecule has 0 spiro atoms. The van der Waals surface area contributed by atoms with Crippen LogP contribution in [-0.2, 0) is 32.6 Å². The number of nitrogens with zero attached hydrogens (tertiary/aromatic N) is 2. The molecule has 2 amide bonds. The molecular weight excluding hydrogens is 582 g/mol. The van der Waals surface area contributed by atoms with Crippen molar-refractivity contribution in [2.45, 2.75) is 58.5 Å². The first-order chi connectivity index (χ1) is 21.5. The fourth-order valence-electron chi connectivity index (χ4n) is 5.00. The van der Waals surface area contributed by atoms with Crippen LogP contribution < -0.4 is 9.62 Å². The fraction of sp³-hybridized carbons (Fsp3) is 0.297. The molecule has 1 N–H and O–H groups in total. The van der Waals surface area contributed by atoms with Crippen LogP contribution in [-0.4, -0.2) is 44.3 Å². The van der Waals surface area contributed by atoms with Gasteiger partial charge in [0.05, 0.1) is 10.6 Å².